The van der Waals surface area contributed by atoms with Gasteiger partial charge in [0.05, 0.1) is 11.3 Å². The summed E-state index contributed by atoms with van der Waals surface area (Å²) in [6, 6.07) is -0.331. The van der Waals surface area contributed by atoms with Gasteiger partial charge in [-0.15, -0.1) is 0 Å². The average molecular weight is 244 g/mol. The molecular weight excluding hydrogens is 224 g/mol. The molecule has 0 aliphatic carbocycles. The Kier molecular flexibility index (Phi) is 6.01. The number of oxime groups is 1. The van der Waals surface area contributed by atoms with Crippen molar-refractivity contribution in [3.8, 4) is 0 Å². The Morgan fingerprint density at radius 3 is 2.41 bits per heavy atom. The second-order valence-electron chi connectivity index (χ2n) is 3.91. The molecule has 0 saturated heterocycles. The number of urea groups is 1. The van der Waals surface area contributed by atoms with Crippen LogP contribution in [0.25, 0.3) is 0 Å². The van der Waals surface area contributed by atoms with Crippen molar-refractivity contribution in [1.82, 2.24) is 16.0 Å². The summed E-state index contributed by atoms with van der Waals surface area (Å²) in [6.45, 7) is 7.40. The van der Waals surface area contributed by atoms with E-state index in [1.165, 1.54) is 7.05 Å². The fourth-order valence-corrected chi connectivity index (χ4v) is 0.837. The normalized spacial score (nSPS) is 11.7. The van der Waals surface area contributed by atoms with E-state index in [0.29, 0.717) is 12.3 Å². The van der Waals surface area contributed by atoms with Gasteiger partial charge in [-0.1, -0.05) is 5.16 Å². The maximum Gasteiger partial charge on any atom is 0.433 e. The van der Waals surface area contributed by atoms with Crippen LogP contribution in [0.15, 0.2) is 5.16 Å². The number of nitrogens with zero attached hydrogens (tertiary/aromatic N) is 1. The van der Waals surface area contributed by atoms with Crippen molar-refractivity contribution in [2.45, 2.75) is 33.2 Å². The summed E-state index contributed by atoms with van der Waals surface area (Å²) in [6.07, 6.45) is -0.623. The van der Waals surface area contributed by atoms with Crippen LogP contribution in [-0.2, 0) is 4.84 Å². The van der Waals surface area contributed by atoms with E-state index in [1.54, 1.807) is 27.7 Å². The molecule has 0 heterocycles. The van der Waals surface area contributed by atoms with Crippen LogP contribution in [0.3, 0.4) is 0 Å². The van der Waals surface area contributed by atoms with E-state index in [1.807, 2.05) is 0 Å². The highest BCUT2D eigenvalue weighted by molar-refractivity contribution is 5.94. The Balaban J connectivity index is 4.45. The van der Waals surface area contributed by atoms with Crippen LogP contribution in [0, 0.1) is 0 Å². The van der Waals surface area contributed by atoms with Crippen molar-refractivity contribution in [3.63, 3.8) is 0 Å². The molecule has 7 heteroatoms. The van der Waals surface area contributed by atoms with Crippen molar-refractivity contribution in [3.05, 3.63) is 0 Å². The van der Waals surface area contributed by atoms with Gasteiger partial charge < -0.3 is 16.0 Å². The minimum Gasteiger partial charge on any atom is -0.341 e. The lowest BCUT2D eigenvalue weighted by atomic mass is 10.0. The first kappa shape index (κ1) is 15.2. The summed E-state index contributed by atoms with van der Waals surface area (Å²) in [5.74, 6) is 0. The van der Waals surface area contributed by atoms with Gasteiger partial charge in [-0.25, -0.2) is 9.59 Å². The lowest BCUT2D eigenvalue weighted by molar-refractivity contribution is 0.150. The Morgan fingerprint density at radius 2 is 1.94 bits per heavy atom. The Bertz CT molecular complexity index is 313. The number of rotatable bonds is 4. The van der Waals surface area contributed by atoms with Crippen LogP contribution >= 0.6 is 0 Å². The maximum absolute atomic E-state index is 11.2. The number of hydrogen-bond donors (Lipinski definition) is 3. The van der Waals surface area contributed by atoms with Crippen molar-refractivity contribution < 1.29 is 14.4 Å². The van der Waals surface area contributed by atoms with E-state index in [-0.39, 0.29) is 6.03 Å². The minimum atomic E-state index is -0.702. The standard InChI is InChI=1S/C10H20N4O3/c1-6-12-9(16)17-14-7(2)10(3,4)13-8(15)11-5/h6H2,1-5H3,(H,12,16)(H2,11,13,15)/b14-7+. The molecule has 0 fully saturated rings. The first-order valence-corrected chi connectivity index (χ1v) is 5.33. The van der Waals surface area contributed by atoms with Gasteiger partial charge in [-0.3, -0.25) is 4.84 Å². The Hall–Kier alpha value is -1.79. The van der Waals surface area contributed by atoms with Crippen LogP contribution in [0.2, 0.25) is 0 Å². The summed E-state index contributed by atoms with van der Waals surface area (Å²) < 4.78 is 0. The first-order valence-electron chi connectivity index (χ1n) is 5.33. The molecule has 0 aromatic rings. The Labute approximate surface area is 101 Å². The maximum atomic E-state index is 11.2. The molecule has 0 bridgehead atoms. The highest BCUT2D eigenvalue weighted by atomic mass is 16.7. The van der Waals surface area contributed by atoms with E-state index in [2.05, 4.69) is 25.9 Å². The van der Waals surface area contributed by atoms with Crippen molar-refractivity contribution >= 4 is 17.8 Å². The fraction of sp³-hybridized carbons (Fsp3) is 0.700. The smallest absolute Gasteiger partial charge is 0.341 e. The van der Waals surface area contributed by atoms with Crippen LogP contribution in [0.5, 0.6) is 0 Å². The van der Waals surface area contributed by atoms with E-state index in [0.717, 1.165) is 0 Å². The SMILES string of the molecule is CCNC(=O)O/N=C(\C)C(C)(C)NC(=O)NC. The molecule has 0 aromatic heterocycles. The molecule has 98 valence electrons. The first-order chi connectivity index (χ1) is 7.83. The van der Waals surface area contributed by atoms with Crippen molar-refractivity contribution in [2.75, 3.05) is 13.6 Å². The van der Waals surface area contributed by atoms with Gasteiger partial charge >= 0.3 is 12.1 Å². The molecule has 0 rings (SSSR count). The monoisotopic (exact) mass is 244 g/mol. The highest BCUT2D eigenvalue weighted by Gasteiger charge is 2.24. The largest absolute Gasteiger partial charge is 0.433 e. The molecule has 7 nitrogen and oxygen atoms in total. The summed E-state index contributed by atoms with van der Waals surface area (Å²) in [5.41, 5.74) is -0.223. The van der Waals surface area contributed by atoms with E-state index in [4.69, 9.17) is 0 Å². The molecule has 0 aromatic carbocycles. The zero-order valence-electron chi connectivity index (χ0n) is 10.9. The fourth-order valence-electron chi connectivity index (χ4n) is 0.837. The molecule has 17 heavy (non-hydrogen) atoms. The third-order valence-electron chi connectivity index (χ3n) is 2.14. The molecule has 0 atom stereocenters. The molecule has 3 N–H and O–H groups in total. The quantitative estimate of drug-likeness (QED) is 0.388. The van der Waals surface area contributed by atoms with Gasteiger partial charge in [-0.2, -0.15) is 0 Å². The van der Waals surface area contributed by atoms with E-state index >= 15 is 0 Å². The van der Waals surface area contributed by atoms with Gasteiger partial charge in [0.15, 0.2) is 0 Å². The number of carbonyl (C=O) groups excluding carboxylic acids is 2. The Morgan fingerprint density at radius 1 is 1.35 bits per heavy atom. The number of nitrogens with one attached hydrogen (secondary N) is 3. The highest BCUT2D eigenvalue weighted by Crippen LogP contribution is 2.05. The third-order valence-corrected chi connectivity index (χ3v) is 2.14. The molecule has 0 saturated carbocycles. The van der Waals surface area contributed by atoms with E-state index < -0.39 is 11.6 Å². The minimum absolute atomic E-state index is 0.331. The predicted molar refractivity (Wildman–Crippen MR) is 64.9 cm³/mol. The van der Waals surface area contributed by atoms with Gasteiger partial charge in [-0.05, 0) is 27.7 Å². The van der Waals surface area contributed by atoms with Gasteiger partial charge in [0.1, 0.15) is 0 Å². The van der Waals surface area contributed by atoms with Crippen molar-refractivity contribution in [2.24, 2.45) is 5.16 Å². The number of hydrogen-bond acceptors (Lipinski definition) is 4. The second-order valence-corrected chi connectivity index (χ2v) is 3.91. The molecule has 0 radical (unpaired) electrons. The van der Waals surface area contributed by atoms with Crippen LogP contribution < -0.4 is 16.0 Å². The topological polar surface area (TPSA) is 91.8 Å². The third kappa shape index (κ3) is 5.74. The van der Waals surface area contributed by atoms with E-state index in [9.17, 15) is 9.59 Å². The lowest BCUT2D eigenvalue weighted by Crippen LogP contribution is -2.51. The molecule has 0 unspecified atom stereocenters. The van der Waals surface area contributed by atoms with Crippen LogP contribution in [-0.4, -0.2) is 37.0 Å². The number of carbonyl (C=O) groups is 2. The number of amides is 3. The molecule has 0 spiro atoms. The second kappa shape index (κ2) is 6.72. The lowest BCUT2D eigenvalue weighted by Gasteiger charge is -2.25. The van der Waals surface area contributed by atoms with Gasteiger partial charge in [0, 0.05) is 13.6 Å². The zero-order valence-corrected chi connectivity index (χ0v) is 10.9. The van der Waals surface area contributed by atoms with Gasteiger partial charge in [0.2, 0.25) is 0 Å². The summed E-state index contributed by atoms with van der Waals surface area (Å²) >= 11 is 0. The summed E-state index contributed by atoms with van der Waals surface area (Å²) in [7, 11) is 1.52. The molecule has 3 amide bonds. The predicted octanol–water partition coefficient (Wildman–Crippen LogP) is 0.816. The summed E-state index contributed by atoms with van der Waals surface area (Å²) in [5, 5.41) is 11.2. The summed E-state index contributed by atoms with van der Waals surface area (Å²) in [4.78, 5) is 26.8. The average Bonchev–Trinajstić information content (AvgIpc) is 2.25. The van der Waals surface area contributed by atoms with Gasteiger partial charge in [0.25, 0.3) is 0 Å². The van der Waals surface area contributed by atoms with Crippen LogP contribution in [0.4, 0.5) is 9.59 Å². The van der Waals surface area contributed by atoms with Crippen LogP contribution in [0.1, 0.15) is 27.7 Å². The molecular formula is C10H20N4O3. The zero-order chi connectivity index (χ0) is 13.5. The molecule has 0 aliphatic heterocycles. The van der Waals surface area contributed by atoms with Crippen molar-refractivity contribution in [1.29, 1.82) is 0 Å². The molecule has 0 aliphatic rings.